The van der Waals surface area contributed by atoms with E-state index < -0.39 is 25.9 Å². The molecule has 226 valence electrons. The van der Waals surface area contributed by atoms with E-state index in [9.17, 15) is 9.59 Å². The van der Waals surface area contributed by atoms with Gasteiger partial charge in [-0.05, 0) is 50.9 Å². The van der Waals surface area contributed by atoms with Gasteiger partial charge in [-0.15, -0.1) is 6.58 Å². The number of ether oxygens (including phenoxy) is 3. The second kappa shape index (κ2) is 16.1. The van der Waals surface area contributed by atoms with E-state index in [1.807, 2.05) is 55.8 Å². The van der Waals surface area contributed by atoms with Gasteiger partial charge in [-0.1, -0.05) is 37.9 Å². The number of hydrogen-bond donors (Lipinski definition) is 3. The van der Waals surface area contributed by atoms with E-state index in [0.717, 1.165) is 28.7 Å². The smallest absolute Gasteiger partial charge is 0.411 e. The van der Waals surface area contributed by atoms with Gasteiger partial charge in [0.2, 0.25) is 0 Å². The highest BCUT2D eigenvalue weighted by atomic mass is 28.3. The number of hydrogen-bond acceptors (Lipinski definition) is 7. The summed E-state index contributed by atoms with van der Waals surface area (Å²) < 4.78 is 18.1. The molecule has 11 heteroatoms. The largest absolute Gasteiger partial charge is 0.453 e. The molecule has 0 aliphatic carbocycles. The lowest BCUT2D eigenvalue weighted by molar-refractivity contribution is 0.0552. The van der Waals surface area contributed by atoms with Crippen molar-refractivity contribution in [2.24, 2.45) is 0 Å². The SMILES string of the molecule is C=CCNCc1cc(NC(=O)OC)ccc1-c1cn(COCC[Si](C)(C)C)c(CCC=CNC(=O)OC(C)(C)C)n1. The van der Waals surface area contributed by atoms with E-state index in [-0.39, 0.29) is 0 Å². The summed E-state index contributed by atoms with van der Waals surface area (Å²) in [5.41, 5.74) is 2.80. The molecule has 0 spiro atoms. The second-order valence-electron chi connectivity index (χ2n) is 11.9. The molecule has 0 fully saturated rings. The van der Waals surface area contributed by atoms with Crippen molar-refractivity contribution >= 4 is 25.9 Å². The first kappa shape index (κ1) is 33.8. The van der Waals surface area contributed by atoms with Crippen LogP contribution in [0, 0.1) is 0 Å². The van der Waals surface area contributed by atoms with Crippen LogP contribution in [0.4, 0.5) is 15.3 Å². The summed E-state index contributed by atoms with van der Waals surface area (Å²) in [6.45, 7) is 18.5. The lowest BCUT2D eigenvalue weighted by atomic mass is 10.0. The Labute approximate surface area is 245 Å². The Hall–Kier alpha value is -3.41. The first-order valence-corrected chi connectivity index (χ1v) is 17.6. The zero-order valence-electron chi connectivity index (χ0n) is 25.6. The molecule has 0 aliphatic rings. The van der Waals surface area contributed by atoms with Gasteiger partial charge >= 0.3 is 12.2 Å². The summed E-state index contributed by atoms with van der Waals surface area (Å²) in [6, 6.07) is 6.77. The number of carbonyl (C=O) groups is 2. The van der Waals surface area contributed by atoms with Crippen molar-refractivity contribution in [2.75, 3.05) is 25.6 Å². The fraction of sp³-hybridized carbons (Fsp3) is 0.500. The zero-order chi connectivity index (χ0) is 30.5. The first-order valence-electron chi connectivity index (χ1n) is 13.9. The van der Waals surface area contributed by atoms with Crippen molar-refractivity contribution in [1.29, 1.82) is 0 Å². The van der Waals surface area contributed by atoms with Crippen molar-refractivity contribution in [1.82, 2.24) is 20.2 Å². The molecule has 10 nitrogen and oxygen atoms in total. The van der Waals surface area contributed by atoms with Crippen LogP contribution in [-0.2, 0) is 33.9 Å². The van der Waals surface area contributed by atoms with E-state index in [1.165, 1.54) is 7.11 Å². The summed E-state index contributed by atoms with van der Waals surface area (Å²) in [5, 5.41) is 8.70. The molecule has 0 aliphatic heterocycles. The molecule has 1 aromatic carbocycles. The van der Waals surface area contributed by atoms with Crippen molar-refractivity contribution < 1.29 is 23.8 Å². The topological polar surface area (TPSA) is 116 Å². The fourth-order valence-electron chi connectivity index (χ4n) is 3.71. The minimum absolute atomic E-state index is 0.402. The summed E-state index contributed by atoms with van der Waals surface area (Å²) in [6.07, 6.45) is 7.58. The molecular weight excluding hydrogens is 538 g/mol. The number of nitrogens with zero attached hydrogens (tertiary/aromatic N) is 2. The summed E-state index contributed by atoms with van der Waals surface area (Å²) in [4.78, 5) is 28.6. The van der Waals surface area contributed by atoms with Crippen LogP contribution in [0.5, 0.6) is 0 Å². The number of benzene rings is 1. The normalized spacial score (nSPS) is 11.9. The number of anilines is 1. The molecule has 0 radical (unpaired) electrons. The van der Waals surface area contributed by atoms with Gasteiger partial charge in [-0.2, -0.15) is 0 Å². The third-order valence-electron chi connectivity index (χ3n) is 5.76. The molecule has 0 bridgehead atoms. The monoisotopic (exact) mass is 585 g/mol. The molecule has 0 saturated heterocycles. The molecule has 0 atom stereocenters. The molecule has 2 rings (SSSR count). The van der Waals surface area contributed by atoms with E-state index in [0.29, 0.717) is 45.0 Å². The van der Waals surface area contributed by atoms with Crippen LogP contribution in [0.25, 0.3) is 11.3 Å². The quantitative estimate of drug-likeness (QED) is 0.128. The van der Waals surface area contributed by atoms with Gasteiger partial charge in [0.25, 0.3) is 0 Å². The van der Waals surface area contributed by atoms with Gasteiger partial charge in [-0.25, -0.2) is 14.6 Å². The maximum atomic E-state index is 11.9. The number of allylic oxidation sites excluding steroid dienone is 1. The summed E-state index contributed by atoms with van der Waals surface area (Å²) >= 11 is 0. The van der Waals surface area contributed by atoms with Crippen molar-refractivity contribution in [3.8, 4) is 11.3 Å². The number of nitrogens with one attached hydrogen (secondary N) is 3. The second-order valence-corrected chi connectivity index (χ2v) is 17.5. The molecule has 2 amide bonds. The zero-order valence-corrected chi connectivity index (χ0v) is 26.6. The number of imidazole rings is 1. The van der Waals surface area contributed by atoms with Crippen LogP contribution in [0.3, 0.4) is 0 Å². The van der Waals surface area contributed by atoms with Gasteiger partial charge in [0.1, 0.15) is 18.2 Å². The highest BCUT2D eigenvalue weighted by molar-refractivity contribution is 6.76. The Kier molecular flexibility index (Phi) is 13.3. The van der Waals surface area contributed by atoms with Crippen molar-refractivity contribution in [3.05, 3.63) is 60.7 Å². The standard InChI is InChI=1S/C30H47N5O5Si/c1-9-15-31-20-23-19-24(33-29(37)38-5)13-14-25(23)26-21-35(22-39-17-18-41(6,7)8)27(34-26)12-10-11-16-32-28(36)40-30(2,3)4/h9,11,13-14,16,19,21,31H,1,10,12,15,17-18,20,22H2,2-8H3,(H,32,36)(H,33,37). The van der Waals surface area contributed by atoms with Crippen LogP contribution in [0.15, 0.2) is 49.3 Å². The molecule has 41 heavy (non-hydrogen) atoms. The average Bonchev–Trinajstić information content (AvgIpc) is 3.27. The van der Waals surface area contributed by atoms with Gasteiger partial charge in [0.05, 0.1) is 12.8 Å². The lowest BCUT2D eigenvalue weighted by Gasteiger charge is -2.18. The Balaban J connectivity index is 2.26. The minimum atomic E-state index is -1.21. The van der Waals surface area contributed by atoms with Crippen LogP contribution >= 0.6 is 0 Å². The molecule has 3 N–H and O–H groups in total. The predicted molar refractivity (Wildman–Crippen MR) is 167 cm³/mol. The van der Waals surface area contributed by atoms with Crippen LogP contribution in [-0.4, -0.2) is 55.7 Å². The molecular formula is C30H47N5O5Si. The average molecular weight is 586 g/mol. The van der Waals surface area contributed by atoms with E-state index in [4.69, 9.17) is 19.2 Å². The van der Waals surface area contributed by atoms with Crippen LogP contribution in [0.1, 0.15) is 38.6 Å². The fourth-order valence-corrected chi connectivity index (χ4v) is 4.47. The van der Waals surface area contributed by atoms with Crippen LogP contribution in [0.2, 0.25) is 25.7 Å². The number of methoxy groups -OCH3 is 1. The molecule has 0 saturated carbocycles. The molecule has 1 heterocycles. The first-order chi connectivity index (χ1) is 19.3. The highest BCUT2D eigenvalue weighted by Gasteiger charge is 2.17. The maximum absolute atomic E-state index is 11.9. The van der Waals surface area contributed by atoms with Gasteiger partial charge in [0.15, 0.2) is 0 Å². The third kappa shape index (κ3) is 13.2. The van der Waals surface area contributed by atoms with E-state index in [1.54, 1.807) is 12.3 Å². The number of amides is 2. The van der Waals surface area contributed by atoms with E-state index >= 15 is 0 Å². The van der Waals surface area contributed by atoms with Crippen molar-refractivity contribution in [2.45, 2.75) is 78.2 Å². The number of aryl methyl sites for hydroxylation is 1. The number of carbonyl (C=O) groups excluding carboxylic acids is 2. The van der Waals surface area contributed by atoms with Crippen molar-refractivity contribution in [3.63, 3.8) is 0 Å². The van der Waals surface area contributed by atoms with Crippen LogP contribution < -0.4 is 16.0 Å². The third-order valence-corrected chi connectivity index (χ3v) is 7.46. The number of aromatic nitrogens is 2. The predicted octanol–water partition coefficient (Wildman–Crippen LogP) is 6.29. The Morgan fingerprint density at radius 2 is 1.93 bits per heavy atom. The van der Waals surface area contributed by atoms with Gasteiger partial charge in [-0.3, -0.25) is 10.6 Å². The number of rotatable bonds is 15. The lowest BCUT2D eigenvalue weighted by Crippen LogP contribution is -2.29. The molecule has 2 aromatic rings. The molecule has 0 unspecified atom stereocenters. The highest BCUT2D eigenvalue weighted by Crippen LogP contribution is 2.27. The Morgan fingerprint density at radius 1 is 1.17 bits per heavy atom. The summed E-state index contributed by atoms with van der Waals surface area (Å²) in [5.74, 6) is 0.872. The maximum Gasteiger partial charge on any atom is 0.411 e. The van der Waals surface area contributed by atoms with E-state index in [2.05, 4.69) is 42.2 Å². The summed E-state index contributed by atoms with van der Waals surface area (Å²) in [7, 11) is 0.121. The van der Waals surface area contributed by atoms with Gasteiger partial charge in [0, 0.05) is 57.8 Å². The Morgan fingerprint density at radius 3 is 2.59 bits per heavy atom. The molecule has 1 aromatic heterocycles. The minimum Gasteiger partial charge on any atom is -0.453 e. The number of alkyl carbamates (subject to hydrolysis) is 1. The Bertz CT molecular complexity index is 1180. The van der Waals surface area contributed by atoms with Gasteiger partial charge < -0.3 is 24.1 Å².